The third-order valence-electron chi connectivity index (χ3n) is 4.01. The molecule has 0 saturated carbocycles. The van der Waals surface area contributed by atoms with Crippen LogP contribution < -0.4 is 4.74 Å². The molecule has 1 amide bonds. The molecule has 2 rings (SSSR count). The van der Waals surface area contributed by atoms with Gasteiger partial charge < -0.3 is 14.4 Å². The minimum Gasteiger partial charge on any atom is -0.497 e. The van der Waals surface area contributed by atoms with E-state index in [4.69, 9.17) is 9.47 Å². The van der Waals surface area contributed by atoms with Crippen LogP contribution in [0.2, 0.25) is 0 Å². The Morgan fingerprint density at radius 3 is 2.43 bits per heavy atom. The first-order chi connectivity index (χ1) is 10.8. The molecule has 0 unspecified atom stereocenters. The van der Waals surface area contributed by atoms with Crippen molar-refractivity contribution in [2.45, 2.75) is 45.1 Å². The molecule has 0 spiro atoms. The van der Waals surface area contributed by atoms with E-state index in [1.165, 1.54) is 0 Å². The van der Waals surface area contributed by atoms with E-state index in [2.05, 4.69) is 0 Å². The molecule has 1 heterocycles. The number of carbonyl (C=O) groups excluding carboxylic acids is 2. The van der Waals surface area contributed by atoms with Crippen molar-refractivity contribution in [3.63, 3.8) is 0 Å². The summed E-state index contributed by atoms with van der Waals surface area (Å²) < 4.78 is 10.7. The van der Waals surface area contributed by atoms with Crippen LogP contribution in [0.15, 0.2) is 18.2 Å². The van der Waals surface area contributed by atoms with Crippen LogP contribution in [-0.2, 0) is 4.74 Å². The summed E-state index contributed by atoms with van der Waals surface area (Å²) in [6.07, 6.45) is 2.24. The Balaban J connectivity index is 2.04. The lowest BCUT2D eigenvalue weighted by Gasteiger charge is -2.34. The van der Waals surface area contributed by atoms with Crippen molar-refractivity contribution in [3.8, 4) is 5.75 Å². The highest BCUT2D eigenvalue weighted by molar-refractivity contribution is 5.78. The minimum absolute atomic E-state index is 0.254. The fourth-order valence-electron chi connectivity index (χ4n) is 2.84. The fourth-order valence-corrected chi connectivity index (χ4v) is 2.84. The van der Waals surface area contributed by atoms with Gasteiger partial charge in [-0.3, -0.25) is 4.79 Å². The molecule has 23 heavy (non-hydrogen) atoms. The molecule has 1 aromatic rings. The van der Waals surface area contributed by atoms with Gasteiger partial charge in [0.15, 0.2) is 0 Å². The normalized spacial score (nSPS) is 16.1. The van der Waals surface area contributed by atoms with E-state index >= 15 is 0 Å². The number of methoxy groups -OCH3 is 1. The second-order valence-corrected chi connectivity index (χ2v) is 6.85. The molecular formula is C18H25NO4. The summed E-state index contributed by atoms with van der Waals surface area (Å²) in [5, 5.41) is 0. The molecule has 0 radical (unpaired) electrons. The molecule has 1 fully saturated rings. The highest BCUT2D eigenvalue weighted by Crippen LogP contribution is 2.32. The van der Waals surface area contributed by atoms with Crippen LogP contribution in [0.1, 0.15) is 55.5 Å². The van der Waals surface area contributed by atoms with Crippen molar-refractivity contribution >= 4 is 12.4 Å². The molecule has 1 aromatic carbocycles. The van der Waals surface area contributed by atoms with Crippen molar-refractivity contribution in [2.75, 3.05) is 20.2 Å². The van der Waals surface area contributed by atoms with Crippen LogP contribution in [-0.4, -0.2) is 43.1 Å². The van der Waals surface area contributed by atoms with Gasteiger partial charge in [-0.1, -0.05) is 0 Å². The van der Waals surface area contributed by atoms with E-state index in [-0.39, 0.29) is 12.0 Å². The summed E-state index contributed by atoms with van der Waals surface area (Å²) in [5.74, 6) is 1.00. The summed E-state index contributed by atoms with van der Waals surface area (Å²) in [6, 6.07) is 5.52. The van der Waals surface area contributed by atoms with E-state index in [1.807, 2.05) is 26.8 Å². The third kappa shape index (κ3) is 4.47. The molecule has 1 aliphatic rings. The topological polar surface area (TPSA) is 55.8 Å². The highest BCUT2D eigenvalue weighted by Gasteiger charge is 2.28. The monoisotopic (exact) mass is 319 g/mol. The van der Waals surface area contributed by atoms with Crippen LogP contribution in [0, 0.1) is 0 Å². The minimum atomic E-state index is -0.481. The number of likely N-dealkylation sites (tertiary alicyclic amines) is 1. The van der Waals surface area contributed by atoms with E-state index < -0.39 is 5.60 Å². The van der Waals surface area contributed by atoms with E-state index in [0.717, 1.165) is 30.4 Å². The molecule has 126 valence electrons. The number of hydrogen-bond acceptors (Lipinski definition) is 4. The fraction of sp³-hybridized carbons (Fsp3) is 0.556. The van der Waals surface area contributed by atoms with Crippen LogP contribution in [0.25, 0.3) is 0 Å². The summed E-state index contributed by atoms with van der Waals surface area (Å²) in [7, 11) is 1.62. The number of carbonyl (C=O) groups is 2. The Bertz CT molecular complexity index is 569. The Labute approximate surface area is 137 Å². The van der Waals surface area contributed by atoms with Gasteiger partial charge in [0.2, 0.25) is 0 Å². The first kappa shape index (κ1) is 17.3. The summed E-state index contributed by atoms with van der Waals surface area (Å²) >= 11 is 0. The van der Waals surface area contributed by atoms with Crippen molar-refractivity contribution in [3.05, 3.63) is 29.3 Å². The number of hydrogen-bond donors (Lipinski definition) is 0. The number of benzene rings is 1. The maximum absolute atomic E-state index is 12.1. The molecular weight excluding hydrogens is 294 g/mol. The smallest absolute Gasteiger partial charge is 0.410 e. The predicted molar refractivity (Wildman–Crippen MR) is 88.2 cm³/mol. The molecule has 1 saturated heterocycles. The lowest BCUT2D eigenvalue weighted by molar-refractivity contribution is 0.0204. The SMILES string of the molecule is COc1ccc(C=O)c(C2CCN(C(=O)OC(C)(C)C)CC2)c1. The zero-order chi connectivity index (χ0) is 17.0. The van der Waals surface area contributed by atoms with Gasteiger partial charge in [-0.15, -0.1) is 0 Å². The van der Waals surface area contributed by atoms with Gasteiger partial charge in [0.25, 0.3) is 0 Å². The van der Waals surface area contributed by atoms with E-state index in [9.17, 15) is 9.59 Å². The first-order valence-electron chi connectivity index (χ1n) is 7.95. The Hall–Kier alpha value is -2.04. The van der Waals surface area contributed by atoms with E-state index in [0.29, 0.717) is 18.7 Å². The van der Waals surface area contributed by atoms with Gasteiger partial charge in [-0.2, -0.15) is 0 Å². The predicted octanol–water partition coefficient (Wildman–Crippen LogP) is 3.62. The maximum atomic E-state index is 12.1. The van der Waals surface area contributed by atoms with Crippen molar-refractivity contribution < 1.29 is 19.1 Å². The van der Waals surface area contributed by atoms with Crippen molar-refractivity contribution in [1.29, 1.82) is 0 Å². The largest absolute Gasteiger partial charge is 0.497 e. The number of piperidine rings is 1. The zero-order valence-electron chi connectivity index (χ0n) is 14.3. The van der Waals surface area contributed by atoms with Gasteiger partial charge in [0.05, 0.1) is 7.11 Å². The van der Waals surface area contributed by atoms with Gasteiger partial charge in [-0.05, 0) is 63.3 Å². The van der Waals surface area contributed by atoms with Crippen molar-refractivity contribution in [2.24, 2.45) is 0 Å². The average molecular weight is 319 g/mol. The number of aldehydes is 1. The van der Waals surface area contributed by atoms with E-state index in [1.54, 1.807) is 24.1 Å². The summed E-state index contributed by atoms with van der Waals surface area (Å²) in [4.78, 5) is 25.1. The standard InChI is InChI=1S/C18H25NO4/c1-18(2,3)23-17(21)19-9-7-13(8-10-19)16-11-15(22-4)6-5-14(16)12-20/h5-6,11-13H,7-10H2,1-4H3. The van der Waals surface area contributed by atoms with Gasteiger partial charge in [0, 0.05) is 18.7 Å². The summed E-state index contributed by atoms with van der Waals surface area (Å²) in [6.45, 7) is 6.86. The highest BCUT2D eigenvalue weighted by atomic mass is 16.6. The average Bonchev–Trinajstić information content (AvgIpc) is 2.52. The van der Waals surface area contributed by atoms with Gasteiger partial charge >= 0.3 is 6.09 Å². The first-order valence-corrected chi connectivity index (χ1v) is 7.95. The molecule has 0 aromatic heterocycles. The Kier molecular flexibility index (Phi) is 5.29. The Morgan fingerprint density at radius 1 is 1.26 bits per heavy atom. The third-order valence-corrected chi connectivity index (χ3v) is 4.01. The lowest BCUT2D eigenvalue weighted by atomic mass is 9.86. The summed E-state index contributed by atoms with van der Waals surface area (Å²) in [5.41, 5.74) is 1.22. The number of amides is 1. The molecule has 0 aliphatic carbocycles. The molecule has 5 nitrogen and oxygen atoms in total. The van der Waals surface area contributed by atoms with Crippen LogP contribution in [0.5, 0.6) is 5.75 Å². The zero-order valence-corrected chi connectivity index (χ0v) is 14.3. The number of rotatable bonds is 3. The second-order valence-electron chi connectivity index (χ2n) is 6.85. The van der Waals surface area contributed by atoms with Crippen LogP contribution in [0.3, 0.4) is 0 Å². The van der Waals surface area contributed by atoms with Crippen molar-refractivity contribution in [1.82, 2.24) is 4.90 Å². The number of ether oxygens (including phenoxy) is 2. The van der Waals surface area contributed by atoms with Gasteiger partial charge in [-0.25, -0.2) is 4.79 Å². The van der Waals surface area contributed by atoms with Gasteiger partial charge in [0.1, 0.15) is 17.6 Å². The molecule has 0 N–H and O–H groups in total. The molecule has 5 heteroatoms. The quantitative estimate of drug-likeness (QED) is 0.798. The van der Waals surface area contributed by atoms with Crippen LogP contribution in [0.4, 0.5) is 4.79 Å². The Morgan fingerprint density at radius 2 is 1.91 bits per heavy atom. The molecule has 0 atom stereocenters. The second kappa shape index (κ2) is 7.02. The molecule has 0 bridgehead atoms. The number of nitrogens with zero attached hydrogens (tertiary/aromatic N) is 1. The van der Waals surface area contributed by atoms with Crippen LogP contribution >= 0.6 is 0 Å². The lowest BCUT2D eigenvalue weighted by Crippen LogP contribution is -2.41. The molecule has 1 aliphatic heterocycles. The maximum Gasteiger partial charge on any atom is 0.410 e.